The molecule has 4 nitrogen and oxygen atoms in total. The summed E-state index contributed by atoms with van der Waals surface area (Å²) in [6, 6.07) is 11.1. The van der Waals surface area contributed by atoms with Gasteiger partial charge in [0.1, 0.15) is 0 Å². The Labute approximate surface area is 93.2 Å². The maximum absolute atomic E-state index is 8.86. The number of rotatable bonds is 3. The highest BCUT2D eigenvalue weighted by Gasteiger charge is 2.17. The van der Waals surface area contributed by atoms with Crippen LogP contribution in [0.15, 0.2) is 36.4 Å². The van der Waals surface area contributed by atoms with Gasteiger partial charge in [-0.1, -0.05) is 30.3 Å². The highest BCUT2D eigenvalue weighted by atomic mass is 16.6. The molecule has 0 saturated heterocycles. The van der Waals surface area contributed by atoms with Crippen molar-refractivity contribution in [3.63, 3.8) is 0 Å². The number of hydrogen-bond acceptors (Lipinski definition) is 4. The highest BCUT2D eigenvalue weighted by molar-refractivity contribution is 6.34. The summed E-state index contributed by atoms with van der Waals surface area (Å²) in [6.45, 7) is 0. The lowest BCUT2D eigenvalue weighted by atomic mass is 10.1. The zero-order valence-electron chi connectivity index (χ0n) is 8.75. The van der Waals surface area contributed by atoms with Gasteiger partial charge in [0.15, 0.2) is 11.5 Å². The fourth-order valence-electron chi connectivity index (χ4n) is 1.61. The van der Waals surface area contributed by atoms with Crippen molar-refractivity contribution in [1.82, 2.24) is 0 Å². The van der Waals surface area contributed by atoms with E-state index in [9.17, 15) is 0 Å². The Hall–Kier alpha value is -1.72. The molecule has 0 heterocycles. The molecule has 0 unspecified atom stereocenters. The minimum absolute atomic E-state index is 0.329. The molecule has 2 rings (SSSR count). The Morgan fingerprint density at radius 1 is 1.06 bits per heavy atom. The van der Waals surface area contributed by atoms with Crippen LogP contribution in [0.25, 0.3) is 10.8 Å². The van der Waals surface area contributed by atoms with Gasteiger partial charge >= 0.3 is 7.32 Å². The fourth-order valence-corrected chi connectivity index (χ4v) is 1.61. The first kappa shape index (κ1) is 10.8. The van der Waals surface area contributed by atoms with Gasteiger partial charge in [-0.05, 0) is 11.5 Å². The molecule has 0 aliphatic carbocycles. The number of benzene rings is 2. The van der Waals surface area contributed by atoms with E-state index >= 15 is 0 Å². The summed E-state index contributed by atoms with van der Waals surface area (Å²) >= 11 is 0. The van der Waals surface area contributed by atoms with E-state index in [0.29, 0.717) is 11.5 Å². The van der Waals surface area contributed by atoms with Crippen molar-refractivity contribution in [2.75, 3.05) is 7.11 Å². The zero-order chi connectivity index (χ0) is 11.5. The van der Waals surface area contributed by atoms with Crippen molar-refractivity contribution < 1.29 is 19.4 Å². The van der Waals surface area contributed by atoms with Gasteiger partial charge in [-0.15, -0.1) is 0 Å². The van der Waals surface area contributed by atoms with Crippen LogP contribution >= 0.6 is 0 Å². The van der Waals surface area contributed by atoms with E-state index < -0.39 is 7.32 Å². The van der Waals surface area contributed by atoms with E-state index in [0.717, 1.165) is 10.8 Å². The standard InChI is InChI=1S/C11H11BO4/c1-15-10-7-6-8-4-2-3-5-9(8)11(10)16-12(13)14/h2-7,13-14H,1H3. The van der Waals surface area contributed by atoms with Crippen LogP contribution in [0.1, 0.15) is 0 Å². The van der Waals surface area contributed by atoms with Gasteiger partial charge in [-0.25, -0.2) is 0 Å². The van der Waals surface area contributed by atoms with Crippen LogP contribution < -0.4 is 9.39 Å². The second-order valence-corrected chi connectivity index (χ2v) is 3.26. The average molecular weight is 218 g/mol. The monoisotopic (exact) mass is 218 g/mol. The first-order valence-electron chi connectivity index (χ1n) is 4.81. The normalized spacial score (nSPS) is 10.2. The van der Waals surface area contributed by atoms with Crippen LogP contribution in [-0.4, -0.2) is 24.5 Å². The Morgan fingerprint density at radius 2 is 1.81 bits per heavy atom. The van der Waals surface area contributed by atoms with Gasteiger partial charge in [0.2, 0.25) is 0 Å². The summed E-state index contributed by atoms with van der Waals surface area (Å²) in [4.78, 5) is 0. The summed E-state index contributed by atoms with van der Waals surface area (Å²) in [6.07, 6.45) is 0. The zero-order valence-corrected chi connectivity index (χ0v) is 8.75. The second kappa shape index (κ2) is 4.43. The molecule has 16 heavy (non-hydrogen) atoms. The lowest BCUT2D eigenvalue weighted by Crippen LogP contribution is -2.21. The average Bonchev–Trinajstić information content (AvgIpc) is 2.29. The summed E-state index contributed by atoms with van der Waals surface area (Å²) in [5.41, 5.74) is 0. The molecule has 2 N–H and O–H groups in total. The Kier molecular flexibility index (Phi) is 2.98. The van der Waals surface area contributed by atoms with Gasteiger partial charge < -0.3 is 19.4 Å². The third-order valence-corrected chi connectivity index (χ3v) is 2.29. The van der Waals surface area contributed by atoms with Crippen molar-refractivity contribution >= 4 is 18.1 Å². The van der Waals surface area contributed by atoms with E-state index in [1.807, 2.05) is 30.3 Å². The fraction of sp³-hybridized carbons (Fsp3) is 0.0909. The third kappa shape index (κ3) is 1.96. The molecule has 2 aromatic carbocycles. The molecule has 5 heteroatoms. The van der Waals surface area contributed by atoms with Crippen LogP contribution in [0.4, 0.5) is 0 Å². The Balaban J connectivity index is 2.63. The Morgan fingerprint density at radius 3 is 2.50 bits per heavy atom. The van der Waals surface area contributed by atoms with Gasteiger partial charge in [0, 0.05) is 5.39 Å². The quantitative estimate of drug-likeness (QED) is 0.759. The van der Waals surface area contributed by atoms with Gasteiger partial charge in [-0.3, -0.25) is 0 Å². The highest BCUT2D eigenvalue weighted by Crippen LogP contribution is 2.35. The number of methoxy groups -OCH3 is 1. The summed E-state index contributed by atoms with van der Waals surface area (Å²) in [5, 5.41) is 19.4. The molecule has 0 saturated carbocycles. The number of fused-ring (bicyclic) bond motifs is 1. The van der Waals surface area contributed by atoms with Gasteiger partial charge in [-0.2, -0.15) is 0 Å². The summed E-state index contributed by atoms with van der Waals surface area (Å²) in [7, 11) is -0.361. The SMILES string of the molecule is COc1ccc2ccccc2c1OB(O)O. The molecule has 0 aliphatic rings. The molecule has 0 fully saturated rings. The van der Waals surface area contributed by atoms with Crippen molar-refractivity contribution in [2.45, 2.75) is 0 Å². The van der Waals surface area contributed by atoms with Gasteiger partial charge in [0.25, 0.3) is 0 Å². The van der Waals surface area contributed by atoms with E-state index in [-0.39, 0.29) is 0 Å². The molecule has 0 radical (unpaired) electrons. The second-order valence-electron chi connectivity index (χ2n) is 3.26. The molecule has 0 aromatic heterocycles. The Bertz CT molecular complexity index is 498. The van der Waals surface area contributed by atoms with Crippen LogP contribution in [0, 0.1) is 0 Å². The van der Waals surface area contributed by atoms with Crippen LogP contribution in [0.2, 0.25) is 0 Å². The minimum Gasteiger partial charge on any atom is -0.509 e. The van der Waals surface area contributed by atoms with Crippen LogP contribution in [-0.2, 0) is 0 Å². The van der Waals surface area contributed by atoms with E-state index in [2.05, 4.69) is 0 Å². The molecular weight excluding hydrogens is 207 g/mol. The van der Waals surface area contributed by atoms with Crippen LogP contribution in [0.3, 0.4) is 0 Å². The lowest BCUT2D eigenvalue weighted by molar-refractivity contribution is 0.281. The van der Waals surface area contributed by atoms with Crippen molar-refractivity contribution in [3.05, 3.63) is 36.4 Å². The molecule has 82 valence electrons. The first-order chi connectivity index (χ1) is 7.72. The number of hydrogen-bond donors (Lipinski definition) is 2. The lowest BCUT2D eigenvalue weighted by Gasteiger charge is -2.12. The third-order valence-electron chi connectivity index (χ3n) is 2.29. The van der Waals surface area contributed by atoms with E-state index in [4.69, 9.17) is 19.4 Å². The topological polar surface area (TPSA) is 58.9 Å². The van der Waals surface area contributed by atoms with Crippen molar-refractivity contribution in [1.29, 1.82) is 0 Å². The molecular formula is C11H11BO4. The molecule has 0 amide bonds. The van der Waals surface area contributed by atoms with E-state index in [1.54, 1.807) is 6.07 Å². The predicted octanol–water partition coefficient (Wildman–Crippen LogP) is 1.20. The minimum atomic E-state index is -1.86. The smallest absolute Gasteiger partial charge is 0.509 e. The van der Waals surface area contributed by atoms with Crippen LogP contribution in [0.5, 0.6) is 11.5 Å². The van der Waals surface area contributed by atoms with Crippen molar-refractivity contribution in [3.8, 4) is 11.5 Å². The largest absolute Gasteiger partial charge is 0.707 e. The maximum Gasteiger partial charge on any atom is 0.707 e. The number of ether oxygens (including phenoxy) is 1. The van der Waals surface area contributed by atoms with Gasteiger partial charge in [0.05, 0.1) is 7.11 Å². The molecule has 2 aromatic rings. The summed E-state index contributed by atoms with van der Waals surface area (Å²) in [5.74, 6) is 0.794. The molecule has 0 aliphatic heterocycles. The summed E-state index contributed by atoms with van der Waals surface area (Å²) < 4.78 is 10.0. The molecule has 0 bridgehead atoms. The van der Waals surface area contributed by atoms with E-state index in [1.165, 1.54) is 7.11 Å². The first-order valence-corrected chi connectivity index (χ1v) is 4.81. The molecule has 0 atom stereocenters. The van der Waals surface area contributed by atoms with Crippen molar-refractivity contribution in [2.24, 2.45) is 0 Å². The maximum atomic E-state index is 8.86. The molecule has 0 spiro atoms. The predicted molar refractivity (Wildman–Crippen MR) is 61.3 cm³/mol.